The Kier molecular flexibility index (Phi) is 6.13. The monoisotopic (exact) mass is 472 g/mol. The predicted octanol–water partition coefficient (Wildman–Crippen LogP) is 5.50. The summed E-state index contributed by atoms with van der Waals surface area (Å²) in [5, 5.41) is 0.675. The van der Waals surface area contributed by atoms with Gasteiger partial charge in [0.1, 0.15) is 11.9 Å². The summed E-state index contributed by atoms with van der Waals surface area (Å²) in [6, 6.07) is 18.4. The normalized spacial score (nSPS) is 16.5. The SMILES string of the molecule is O=C(c1ccc(Oc2ccc(Br)cc2)nc1)N1CCOC(c2ccc(Cl)cc2)C1. The van der Waals surface area contributed by atoms with Crippen molar-refractivity contribution in [1.29, 1.82) is 0 Å². The van der Waals surface area contributed by atoms with E-state index < -0.39 is 0 Å². The molecule has 0 N–H and O–H groups in total. The van der Waals surface area contributed by atoms with Crippen molar-refractivity contribution in [2.75, 3.05) is 19.7 Å². The van der Waals surface area contributed by atoms with Crippen molar-refractivity contribution < 1.29 is 14.3 Å². The lowest BCUT2D eigenvalue weighted by Crippen LogP contribution is -2.42. The summed E-state index contributed by atoms with van der Waals surface area (Å²) in [6.07, 6.45) is 1.38. The molecule has 3 aromatic rings. The van der Waals surface area contributed by atoms with E-state index in [1.165, 1.54) is 0 Å². The van der Waals surface area contributed by atoms with E-state index in [0.717, 1.165) is 10.0 Å². The van der Waals surface area contributed by atoms with Crippen LogP contribution in [0.1, 0.15) is 22.0 Å². The van der Waals surface area contributed by atoms with Crippen molar-refractivity contribution in [1.82, 2.24) is 9.88 Å². The van der Waals surface area contributed by atoms with E-state index in [1.807, 2.05) is 48.5 Å². The first-order chi connectivity index (χ1) is 14.1. The first-order valence-electron chi connectivity index (χ1n) is 9.14. The Balaban J connectivity index is 1.42. The highest BCUT2D eigenvalue weighted by Crippen LogP contribution is 2.25. The fraction of sp³-hybridized carbons (Fsp3) is 0.182. The van der Waals surface area contributed by atoms with Gasteiger partial charge in [0.25, 0.3) is 5.91 Å². The van der Waals surface area contributed by atoms with Crippen LogP contribution < -0.4 is 4.74 Å². The Bertz CT molecular complexity index is 978. The molecule has 0 radical (unpaired) electrons. The van der Waals surface area contributed by atoms with E-state index in [4.69, 9.17) is 21.1 Å². The van der Waals surface area contributed by atoms with Crippen molar-refractivity contribution in [2.45, 2.75) is 6.10 Å². The van der Waals surface area contributed by atoms with Crippen LogP contribution in [-0.4, -0.2) is 35.5 Å². The van der Waals surface area contributed by atoms with Gasteiger partial charge < -0.3 is 14.4 Å². The van der Waals surface area contributed by atoms with Crippen LogP contribution in [0.25, 0.3) is 0 Å². The molecule has 0 bridgehead atoms. The van der Waals surface area contributed by atoms with E-state index in [9.17, 15) is 4.79 Å². The number of hydrogen-bond donors (Lipinski definition) is 0. The number of aromatic nitrogens is 1. The number of ether oxygens (including phenoxy) is 2. The zero-order valence-electron chi connectivity index (χ0n) is 15.4. The number of rotatable bonds is 4. The number of hydrogen-bond acceptors (Lipinski definition) is 4. The van der Waals surface area contributed by atoms with Gasteiger partial charge in [0, 0.05) is 28.3 Å². The van der Waals surface area contributed by atoms with Crippen molar-refractivity contribution in [3.05, 3.63) is 87.5 Å². The molecule has 1 fully saturated rings. The van der Waals surface area contributed by atoms with Crippen molar-refractivity contribution in [3.8, 4) is 11.6 Å². The second-order valence-corrected chi connectivity index (χ2v) is 7.96. The van der Waals surface area contributed by atoms with Gasteiger partial charge in [0.15, 0.2) is 0 Å². The summed E-state index contributed by atoms with van der Waals surface area (Å²) in [4.78, 5) is 19.0. The minimum atomic E-state index is -0.169. The number of amides is 1. The molecule has 1 atom stereocenters. The van der Waals surface area contributed by atoms with Crippen molar-refractivity contribution in [2.24, 2.45) is 0 Å². The van der Waals surface area contributed by atoms with Gasteiger partial charge in [-0.3, -0.25) is 4.79 Å². The molecule has 0 aliphatic carbocycles. The first kappa shape index (κ1) is 19.9. The van der Waals surface area contributed by atoms with Gasteiger partial charge in [-0.25, -0.2) is 4.98 Å². The third kappa shape index (κ3) is 4.96. The molecule has 0 saturated carbocycles. The molecule has 29 heavy (non-hydrogen) atoms. The average Bonchev–Trinajstić information content (AvgIpc) is 2.76. The van der Waals surface area contributed by atoms with Crippen LogP contribution in [0.2, 0.25) is 5.02 Å². The molecule has 1 aromatic heterocycles. The molecule has 4 rings (SSSR count). The van der Waals surface area contributed by atoms with E-state index >= 15 is 0 Å². The van der Waals surface area contributed by atoms with Gasteiger partial charge in [-0.1, -0.05) is 39.7 Å². The van der Waals surface area contributed by atoms with Gasteiger partial charge in [0.05, 0.1) is 18.7 Å². The predicted molar refractivity (Wildman–Crippen MR) is 115 cm³/mol. The number of carbonyl (C=O) groups is 1. The molecule has 1 aliphatic heterocycles. The average molecular weight is 474 g/mol. The first-order valence-corrected chi connectivity index (χ1v) is 10.3. The third-order valence-corrected chi connectivity index (χ3v) is 5.40. The number of pyridine rings is 1. The van der Waals surface area contributed by atoms with Crippen LogP contribution in [0.4, 0.5) is 0 Å². The van der Waals surface area contributed by atoms with Gasteiger partial charge >= 0.3 is 0 Å². The lowest BCUT2D eigenvalue weighted by atomic mass is 10.1. The van der Waals surface area contributed by atoms with E-state index in [-0.39, 0.29) is 12.0 Å². The fourth-order valence-corrected chi connectivity index (χ4v) is 3.48. The highest BCUT2D eigenvalue weighted by Gasteiger charge is 2.26. The van der Waals surface area contributed by atoms with Crippen LogP contribution in [0.15, 0.2) is 71.3 Å². The summed E-state index contributed by atoms with van der Waals surface area (Å²) in [5.74, 6) is 1.04. The molecule has 2 aromatic carbocycles. The largest absolute Gasteiger partial charge is 0.439 e. The van der Waals surface area contributed by atoms with Crippen LogP contribution in [0, 0.1) is 0 Å². The van der Waals surface area contributed by atoms with Crippen molar-refractivity contribution in [3.63, 3.8) is 0 Å². The van der Waals surface area contributed by atoms with Crippen LogP contribution in [0.3, 0.4) is 0 Å². The zero-order chi connectivity index (χ0) is 20.2. The minimum absolute atomic E-state index is 0.0741. The summed E-state index contributed by atoms with van der Waals surface area (Å²) in [6.45, 7) is 1.51. The molecule has 1 aliphatic rings. The molecule has 0 spiro atoms. The molecule has 1 unspecified atom stereocenters. The maximum Gasteiger partial charge on any atom is 0.255 e. The minimum Gasteiger partial charge on any atom is -0.439 e. The summed E-state index contributed by atoms with van der Waals surface area (Å²) >= 11 is 9.34. The smallest absolute Gasteiger partial charge is 0.255 e. The van der Waals surface area contributed by atoms with Gasteiger partial charge in [-0.15, -0.1) is 0 Å². The third-order valence-electron chi connectivity index (χ3n) is 4.61. The lowest BCUT2D eigenvalue weighted by molar-refractivity contribution is -0.0228. The lowest BCUT2D eigenvalue weighted by Gasteiger charge is -2.33. The highest BCUT2D eigenvalue weighted by atomic mass is 79.9. The standard InChI is InChI=1S/C22H18BrClN2O3/c23-17-4-8-19(9-5-17)29-21-10-3-16(13-25-21)22(27)26-11-12-28-20(14-26)15-1-6-18(24)7-2-15/h1-10,13,20H,11-12,14H2. The Morgan fingerprint density at radius 1 is 1.10 bits per heavy atom. The van der Waals surface area contributed by atoms with E-state index in [0.29, 0.717) is 41.9 Å². The molecular weight excluding hydrogens is 456 g/mol. The Hall–Kier alpha value is -2.41. The molecule has 7 heteroatoms. The van der Waals surface area contributed by atoms with Gasteiger partial charge in [-0.05, 0) is 48.0 Å². The van der Waals surface area contributed by atoms with Crippen LogP contribution in [0.5, 0.6) is 11.6 Å². The maximum absolute atomic E-state index is 12.9. The summed E-state index contributed by atoms with van der Waals surface area (Å²) in [7, 11) is 0. The van der Waals surface area contributed by atoms with E-state index in [1.54, 1.807) is 23.2 Å². The molecule has 1 amide bonds. The number of benzene rings is 2. The zero-order valence-corrected chi connectivity index (χ0v) is 17.8. The second kappa shape index (κ2) is 8.95. The molecule has 2 heterocycles. The highest BCUT2D eigenvalue weighted by molar-refractivity contribution is 9.10. The van der Waals surface area contributed by atoms with Gasteiger partial charge in [0.2, 0.25) is 5.88 Å². The molecular formula is C22H18BrClN2O3. The number of nitrogens with zero attached hydrogens (tertiary/aromatic N) is 2. The Labute approximate surface area is 182 Å². The van der Waals surface area contributed by atoms with Gasteiger partial charge in [-0.2, -0.15) is 0 Å². The summed E-state index contributed by atoms with van der Waals surface area (Å²) in [5.41, 5.74) is 1.52. The fourth-order valence-electron chi connectivity index (χ4n) is 3.09. The number of halogens is 2. The maximum atomic E-state index is 12.9. The Morgan fingerprint density at radius 2 is 1.86 bits per heavy atom. The van der Waals surface area contributed by atoms with Crippen molar-refractivity contribution >= 4 is 33.4 Å². The molecule has 1 saturated heterocycles. The van der Waals surface area contributed by atoms with Crippen LogP contribution >= 0.6 is 27.5 Å². The second-order valence-electron chi connectivity index (χ2n) is 6.60. The van der Waals surface area contributed by atoms with E-state index in [2.05, 4.69) is 20.9 Å². The Morgan fingerprint density at radius 3 is 2.55 bits per heavy atom. The number of morpholine rings is 1. The topological polar surface area (TPSA) is 51.7 Å². The van der Waals surface area contributed by atoms with Crippen LogP contribution in [-0.2, 0) is 4.74 Å². The quantitative estimate of drug-likeness (QED) is 0.502. The number of carbonyl (C=O) groups excluding carboxylic acids is 1. The molecule has 148 valence electrons. The molecule has 5 nitrogen and oxygen atoms in total. The summed E-state index contributed by atoms with van der Waals surface area (Å²) < 4.78 is 12.5.